The zero-order chi connectivity index (χ0) is 19.3. The van der Waals surface area contributed by atoms with Crippen molar-refractivity contribution < 1.29 is 13.2 Å². The minimum atomic E-state index is -3.40. The molecule has 1 heterocycles. The number of nitrogens with zero attached hydrogens (tertiary/aromatic N) is 3. The molecule has 1 aliphatic heterocycles. The first-order valence-corrected chi connectivity index (χ1v) is 10.4. The Hall–Kier alpha value is -1.64. The first-order valence-electron chi connectivity index (χ1n) is 9.01. The zero-order valence-corrected chi connectivity index (χ0v) is 16.9. The normalized spacial score (nSPS) is 16.3. The van der Waals surface area contributed by atoms with Gasteiger partial charge in [-0.25, -0.2) is 4.79 Å². The number of hydrogen-bond donors (Lipinski definition) is 1. The summed E-state index contributed by atoms with van der Waals surface area (Å²) in [6.07, 6.45) is 0.777. The van der Waals surface area contributed by atoms with Crippen molar-refractivity contribution in [1.82, 2.24) is 18.8 Å². The van der Waals surface area contributed by atoms with Gasteiger partial charge in [0.05, 0.1) is 0 Å². The number of carbonyl (C=O) groups excluding carboxylic acids is 1. The molecule has 0 atom stereocenters. The van der Waals surface area contributed by atoms with Crippen LogP contribution in [0.4, 0.5) is 4.79 Å². The van der Waals surface area contributed by atoms with Gasteiger partial charge in [-0.15, -0.1) is 0 Å². The maximum absolute atomic E-state index is 12.3. The lowest BCUT2D eigenvalue weighted by Crippen LogP contribution is -2.55. The van der Waals surface area contributed by atoms with E-state index in [2.05, 4.69) is 43.4 Å². The Labute approximate surface area is 157 Å². The van der Waals surface area contributed by atoms with Crippen molar-refractivity contribution in [2.75, 3.05) is 46.8 Å². The molecule has 0 unspecified atom stereocenters. The average molecular weight is 383 g/mol. The summed E-state index contributed by atoms with van der Waals surface area (Å²) < 4.78 is 26.8. The van der Waals surface area contributed by atoms with Gasteiger partial charge in [0.2, 0.25) is 0 Å². The van der Waals surface area contributed by atoms with Gasteiger partial charge in [0.25, 0.3) is 10.2 Å². The van der Waals surface area contributed by atoms with Crippen LogP contribution in [0.3, 0.4) is 0 Å². The van der Waals surface area contributed by atoms with Crippen LogP contribution >= 0.6 is 0 Å². The molecule has 0 aromatic heterocycles. The summed E-state index contributed by atoms with van der Waals surface area (Å²) in [5.41, 5.74) is 2.50. The Morgan fingerprint density at radius 1 is 1.12 bits per heavy atom. The number of urea groups is 1. The molecule has 2 amide bonds. The monoisotopic (exact) mass is 382 g/mol. The van der Waals surface area contributed by atoms with Gasteiger partial charge in [-0.3, -0.25) is 0 Å². The highest BCUT2D eigenvalue weighted by atomic mass is 32.2. The Morgan fingerprint density at radius 3 is 2.19 bits per heavy atom. The first kappa shape index (κ1) is 20.7. The SMILES string of the molecule is CC(C)c1ccc(CCNC(=O)N2CCN(S(=O)(=O)N(C)C)CC2)cc1. The largest absolute Gasteiger partial charge is 0.338 e. The number of rotatable bonds is 6. The third kappa shape index (κ3) is 5.18. The van der Waals surface area contributed by atoms with Gasteiger partial charge < -0.3 is 10.2 Å². The van der Waals surface area contributed by atoms with Crippen LogP contribution in [0, 0.1) is 0 Å². The molecule has 26 heavy (non-hydrogen) atoms. The number of nitrogens with one attached hydrogen (secondary N) is 1. The third-order valence-corrected chi connectivity index (χ3v) is 6.59. The second-order valence-corrected chi connectivity index (χ2v) is 9.20. The molecule has 0 aliphatic carbocycles. The standard InChI is InChI=1S/C18H30N4O3S/c1-15(2)17-7-5-16(6-8-17)9-10-19-18(23)21-11-13-22(14-12-21)26(24,25)20(3)4/h5-8,15H,9-14H2,1-4H3,(H,19,23). The smallest absolute Gasteiger partial charge is 0.317 e. The predicted octanol–water partition coefficient (Wildman–Crippen LogP) is 1.49. The summed E-state index contributed by atoms with van der Waals surface area (Å²) in [4.78, 5) is 13.9. The van der Waals surface area contributed by atoms with Crippen LogP contribution < -0.4 is 5.32 Å². The maximum Gasteiger partial charge on any atom is 0.317 e. The molecule has 1 aliphatic rings. The summed E-state index contributed by atoms with van der Waals surface area (Å²) in [7, 11) is -0.372. The van der Waals surface area contributed by atoms with E-state index in [1.54, 1.807) is 4.90 Å². The van der Waals surface area contributed by atoms with Crippen molar-refractivity contribution in [3.8, 4) is 0 Å². The van der Waals surface area contributed by atoms with E-state index in [0.717, 1.165) is 6.42 Å². The van der Waals surface area contributed by atoms with Crippen LogP contribution in [0.15, 0.2) is 24.3 Å². The molecule has 0 spiro atoms. The minimum absolute atomic E-state index is 0.134. The molecule has 0 saturated carbocycles. The van der Waals surface area contributed by atoms with Crippen molar-refractivity contribution in [2.24, 2.45) is 0 Å². The van der Waals surface area contributed by atoms with Gasteiger partial charge in [-0.1, -0.05) is 38.1 Å². The van der Waals surface area contributed by atoms with Crippen LogP contribution in [-0.4, -0.2) is 74.8 Å². The maximum atomic E-state index is 12.3. The summed E-state index contributed by atoms with van der Waals surface area (Å²) in [5.74, 6) is 0.513. The fraction of sp³-hybridized carbons (Fsp3) is 0.611. The van der Waals surface area contributed by atoms with Crippen LogP contribution in [-0.2, 0) is 16.6 Å². The number of benzene rings is 1. The number of piperazine rings is 1. The molecule has 2 rings (SSSR count). The number of hydrogen-bond acceptors (Lipinski definition) is 3. The highest BCUT2D eigenvalue weighted by Crippen LogP contribution is 2.15. The van der Waals surface area contributed by atoms with Crippen molar-refractivity contribution in [1.29, 1.82) is 0 Å². The second-order valence-electron chi connectivity index (χ2n) is 7.05. The molecular formula is C18H30N4O3S. The van der Waals surface area contributed by atoms with Crippen molar-refractivity contribution >= 4 is 16.2 Å². The van der Waals surface area contributed by atoms with Gasteiger partial charge in [0.15, 0.2) is 0 Å². The Kier molecular flexibility index (Phi) is 7.02. The molecule has 0 bridgehead atoms. The highest BCUT2D eigenvalue weighted by Gasteiger charge is 2.30. The fourth-order valence-electron chi connectivity index (χ4n) is 2.85. The quantitative estimate of drug-likeness (QED) is 0.810. The molecule has 1 N–H and O–H groups in total. The molecule has 1 aromatic rings. The molecule has 1 saturated heterocycles. The summed E-state index contributed by atoms with van der Waals surface area (Å²) >= 11 is 0. The lowest BCUT2D eigenvalue weighted by atomic mass is 10.0. The van der Waals surface area contributed by atoms with Gasteiger partial charge in [0.1, 0.15) is 0 Å². The topological polar surface area (TPSA) is 73.0 Å². The predicted molar refractivity (Wildman–Crippen MR) is 103 cm³/mol. The third-order valence-electron chi connectivity index (χ3n) is 4.65. The summed E-state index contributed by atoms with van der Waals surface area (Å²) in [6.45, 7) is 6.35. The van der Waals surface area contributed by atoms with Crippen LogP contribution in [0.1, 0.15) is 30.9 Å². The van der Waals surface area contributed by atoms with Crippen molar-refractivity contribution in [2.45, 2.75) is 26.2 Å². The lowest BCUT2D eigenvalue weighted by molar-refractivity contribution is 0.170. The fourth-order valence-corrected chi connectivity index (χ4v) is 3.93. The van der Waals surface area contributed by atoms with E-state index >= 15 is 0 Å². The van der Waals surface area contributed by atoms with E-state index < -0.39 is 10.2 Å². The van der Waals surface area contributed by atoms with E-state index in [0.29, 0.717) is 38.6 Å². The van der Waals surface area contributed by atoms with Crippen LogP contribution in [0.2, 0.25) is 0 Å². The molecule has 1 fully saturated rings. The van der Waals surface area contributed by atoms with E-state index in [1.165, 1.54) is 33.8 Å². The van der Waals surface area contributed by atoms with Crippen molar-refractivity contribution in [3.63, 3.8) is 0 Å². The minimum Gasteiger partial charge on any atom is -0.338 e. The first-order chi connectivity index (χ1) is 12.2. The molecular weight excluding hydrogens is 352 g/mol. The van der Waals surface area contributed by atoms with Gasteiger partial charge >= 0.3 is 6.03 Å². The number of carbonyl (C=O) groups is 1. The van der Waals surface area contributed by atoms with Gasteiger partial charge in [-0.2, -0.15) is 17.0 Å². The van der Waals surface area contributed by atoms with E-state index in [1.807, 2.05) is 0 Å². The Bertz CT molecular complexity index is 694. The zero-order valence-electron chi connectivity index (χ0n) is 16.1. The van der Waals surface area contributed by atoms with E-state index in [9.17, 15) is 13.2 Å². The van der Waals surface area contributed by atoms with Gasteiger partial charge in [0, 0.05) is 46.8 Å². The molecule has 146 valence electrons. The van der Waals surface area contributed by atoms with E-state index in [-0.39, 0.29) is 6.03 Å². The second kappa shape index (κ2) is 8.83. The average Bonchev–Trinajstić information content (AvgIpc) is 2.62. The Balaban J connectivity index is 1.76. The van der Waals surface area contributed by atoms with Gasteiger partial charge in [-0.05, 0) is 23.5 Å². The summed E-state index contributed by atoms with van der Waals surface area (Å²) in [6, 6.07) is 8.34. The van der Waals surface area contributed by atoms with E-state index in [4.69, 9.17) is 0 Å². The highest BCUT2D eigenvalue weighted by molar-refractivity contribution is 7.86. The number of amides is 2. The lowest BCUT2D eigenvalue weighted by Gasteiger charge is -2.35. The van der Waals surface area contributed by atoms with Crippen molar-refractivity contribution in [3.05, 3.63) is 35.4 Å². The molecule has 8 heteroatoms. The van der Waals surface area contributed by atoms with Crippen LogP contribution in [0.5, 0.6) is 0 Å². The molecule has 7 nitrogen and oxygen atoms in total. The Morgan fingerprint density at radius 2 is 1.69 bits per heavy atom. The summed E-state index contributed by atoms with van der Waals surface area (Å²) in [5, 5.41) is 2.92. The molecule has 0 radical (unpaired) electrons. The molecule has 1 aromatic carbocycles. The van der Waals surface area contributed by atoms with Crippen LogP contribution in [0.25, 0.3) is 0 Å².